The lowest BCUT2D eigenvalue weighted by Gasteiger charge is -2.15. The Bertz CT molecular complexity index is 409. The van der Waals surface area contributed by atoms with Crippen molar-refractivity contribution in [3.8, 4) is 29.6 Å². The van der Waals surface area contributed by atoms with E-state index in [4.69, 9.17) is 26.4 Å². The minimum Gasteiger partial charge on any atom is -0.496 e. The number of nitrogens with two attached hydrogens (primary N) is 1. The van der Waals surface area contributed by atoms with Crippen molar-refractivity contribution in [2.75, 3.05) is 21.3 Å². The molecule has 0 radical (unpaired) electrons. The predicted molar refractivity (Wildman–Crippen MR) is 61.9 cm³/mol. The molecule has 1 atom stereocenters. The molecule has 1 rings (SSSR count). The van der Waals surface area contributed by atoms with Crippen molar-refractivity contribution in [2.24, 2.45) is 5.73 Å². The second kappa shape index (κ2) is 5.29. The summed E-state index contributed by atoms with van der Waals surface area (Å²) in [6, 6.07) is 2.89. The molecule has 4 nitrogen and oxygen atoms in total. The summed E-state index contributed by atoms with van der Waals surface area (Å²) in [5.41, 5.74) is 6.47. The predicted octanol–water partition coefficient (Wildman–Crippen LogP) is 1.35. The summed E-state index contributed by atoms with van der Waals surface area (Å²) in [7, 11) is 4.65. The fraction of sp³-hybridized carbons (Fsp3) is 0.333. The van der Waals surface area contributed by atoms with Crippen molar-refractivity contribution in [1.29, 1.82) is 0 Å². The summed E-state index contributed by atoms with van der Waals surface area (Å²) >= 11 is 0. The summed E-state index contributed by atoms with van der Waals surface area (Å²) in [6.45, 7) is 0. The topological polar surface area (TPSA) is 53.7 Å². The van der Waals surface area contributed by atoms with Gasteiger partial charge in [0.2, 0.25) is 0 Å². The van der Waals surface area contributed by atoms with Crippen LogP contribution in [0.15, 0.2) is 12.1 Å². The first kappa shape index (κ1) is 12.2. The third-order valence-corrected chi connectivity index (χ3v) is 2.25. The fourth-order valence-corrected chi connectivity index (χ4v) is 1.39. The molecule has 0 aliphatic rings. The quantitative estimate of drug-likeness (QED) is 0.780. The maximum Gasteiger partial charge on any atom is 0.164 e. The number of rotatable bonds is 4. The van der Waals surface area contributed by atoms with E-state index in [-0.39, 0.29) is 0 Å². The number of methoxy groups -OCH3 is 3. The lowest BCUT2D eigenvalue weighted by atomic mass is 10.1. The van der Waals surface area contributed by atoms with Crippen LogP contribution in [-0.4, -0.2) is 21.3 Å². The van der Waals surface area contributed by atoms with Crippen molar-refractivity contribution in [1.82, 2.24) is 0 Å². The SMILES string of the molecule is C#CC(N)c1cc(OC)c(OC)cc1OC. The molecule has 0 amide bonds. The van der Waals surface area contributed by atoms with Gasteiger partial charge in [-0.1, -0.05) is 5.92 Å². The number of ether oxygens (including phenoxy) is 3. The van der Waals surface area contributed by atoms with Gasteiger partial charge in [-0.15, -0.1) is 6.42 Å². The minimum absolute atomic E-state index is 0.533. The third-order valence-electron chi connectivity index (χ3n) is 2.25. The van der Waals surface area contributed by atoms with Crippen LogP contribution in [0.2, 0.25) is 0 Å². The molecular formula is C12H15NO3. The molecule has 1 aromatic rings. The fourth-order valence-electron chi connectivity index (χ4n) is 1.39. The van der Waals surface area contributed by atoms with Crippen molar-refractivity contribution < 1.29 is 14.2 Å². The Morgan fingerprint density at radius 3 is 2.00 bits per heavy atom. The van der Waals surface area contributed by atoms with Crippen molar-refractivity contribution in [3.63, 3.8) is 0 Å². The van der Waals surface area contributed by atoms with Gasteiger partial charge in [-0.2, -0.15) is 0 Å². The molecule has 1 unspecified atom stereocenters. The lowest BCUT2D eigenvalue weighted by Crippen LogP contribution is -2.09. The van der Waals surface area contributed by atoms with Gasteiger partial charge in [-0.3, -0.25) is 0 Å². The molecule has 4 heteroatoms. The largest absolute Gasteiger partial charge is 0.496 e. The molecular weight excluding hydrogens is 206 g/mol. The van der Waals surface area contributed by atoms with Gasteiger partial charge < -0.3 is 19.9 Å². The highest BCUT2D eigenvalue weighted by Gasteiger charge is 2.15. The van der Waals surface area contributed by atoms with Gasteiger partial charge in [-0.25, -0.2) is 0 Å². The van der Waals surface area contributed by atoms with Gasteiger partial charge in [0.1, 0.15) is 5.75 Å². The molecule has 0 aliphatic heterocycles. The molecule has 0 saturated carbocycles. The van der Waals surface area contributed by atoms with Crippen LogP contribution in [0.1, 0.15) is 11.6 Å². The second-order valence-corrected chi connectivity index (χ2v) is 3.09. The van der Waals surface area contributed by atoms with Crippen LogP contribution < -0.4 is 19.9 Å². The van der Waals surface area contributed by atoms with Gasteiger partial charge in [0.15, 0.2) is 11.5 Å². The number of hydrogen-bond acceptors (Lipinski definition) is 4. The molecule has 0 fully saturated rings. The maximum absolute atomic E-state index is 5.77. The van der Waals surface area contributed by atoms with Gasteiger partial charge >= 0.3 is 0 Å². The van der Waals surface area contributed by atoms with E-state index in [9.17, 15) is 0 Å². The summed E-state index contributed by atoms with van der Waals surface area (Å²) in [5.74, 6) is 4.18. The Labute approximate surface area is 95.3 Å². The zero-order valence-electron chi connectivity index (χ0n) is 9.61. The van der Waals surface area contributed by atoms with Crippen LogP contribution in [0.5, 0.6) is 17.2 Å². The first-order chi connectivity index (χ1) is 7.67. The van der Waals surface area contributed by atoms with Gasteiger partial charge in [-0.05, 0) is 6.07 Å². The van der Waals surface area contributed by atoms with E-state index in [1.54, 1.807) is 33.5 Å². The van der Waals surface area contributed by atoms with E-state index in [2.05, 4.69) is 5.92 Å². The molecule has 0 saturated heterocycles. The molecule has 2 N–H and O–H groups in total. The Morgan fingerprint density at radius 1 is 1.06 bits per heavy atom. The number of terminal acetylenes is 1. The molecule has 0 heterocycles. The summed E-state index contributed by atoms with van der Waals surface area (Å²) < 4.78 is 15.5. The average molecular weight is 221 g/mol. The minimum atomic E-state index is -0.533. The monoisotopic (exact) mass is 221 g/mol. The van der Waals surface area contributed by atoms with Crippen LogP contribution in [-0.2, 0) is 0 Å². The summed E-state index contributed by atoms with van der Waals surface area (Å²) in [6.07, 6.45) is 5.29. The standard InChI is InChI=1S/C12H15NO3/c1-5-9(13)8-6-11(15-3)12(16-4)7-10(8)14-2/h1,6-7,9H,13H2,2-4H3. The Hall–Kier alpha value is -1.86. The zero-order valence-corrected chi connectivity index (χ0v) is 9.61. The van der Waals surface area contributed by atoms with E-state index in [1.807, 2.05) is 0 Å². The van der Waals surface area contributed by atoms with E-state index < -0.39 is 6.04 Å². The van der Waals surface area contributed by atoms with Crippen LogP contribution in [0.3, 0.4) is 0 Å². The van der Waals surface area contributed by atoms with Gasteiger partial charge in [0.25, 0.3) is 0 Å². The first-order valence-electron chi connectivity index (χ1n) is 4.69. The van der Waals surface area contributed by atoms with E-state index in [1.165, 1.54) is 0 Å². The highest BCUT2D eigenvalue weighted by Crippen LogP contribution is 2.36. The van der Waals surface area contributed by atoms with Crippen LogP contribution >= 0.6 is 0 Å². The van der Waals surface area contributed by atoms with Crippen LogP contribution in [0.4, 0.5) is 0 Å². The number of benzene rings is 1. The third kappa shape index (κ3) is 2.20. The molecule has 0 spiro atoms. The zero-order chi connectivity index (χ0) is 12.1. The molecule has 0 aromatic heterocycles. The van der Waals surface area contributed by atoms with Gasteiger partial charge in [0, 0.05) is 11.6 Å². The van der Waals surface area contributed by atoms with E-state index >= 15 is 0 Å². The Kier molecular flexibility index (Phi) is 4.03. The summed E-state index contributed by atoms with van der Waals surface area (Å²) in [4.78, 5) is 0. The Balaban J connectivity index is 3.32. The first-order valence-corrected chi connectivity index (χ1v) is 4.69. The highest BCUT2D eigenvalue weighted by molar-refractivity contribution is 5.52. The van der Waals surface area contributed by atoms with E-state index in [0.29, 0.717) is 22.8 Å². The molecule has 16 heavy (non-hydrogen) atoms. The van der Waals surface area contributed by atoms with Crippen molar-refractivity contribution in [3.05, 3.63) is 17.7 Å². The average Bonchev–Trinajstić information content (AvgIpc) is 2.35. The van der Waals surface area contributed by atoms with E-state index in [0.717, 1.165) is 0 Å². The normalized spacial score (nSPS) is 11.4. The summed E-state index contributed by atoms with van der Waals surface area (Å²) in [5, 5.41) is 0. The maximum atomic E-state index is 5.77. The lowest BCUT2D eigenvalue weighted by molar-refractivity contribution is 0.347. The molecule has 0 bridgehead atoms. The smallest absolute Gasteiger partial charge is 0.164 e. The van der Waals surface area contributed by atoms with Crippen molar-refractivity contribution >= 4 is 0 Å². The molecule has 86 valence electrons. The molecule has 1 aromatic carbocycles. The van der Waals surface area contributed by atoms with Gasteiger partial charge in [0.05, 0.1) is 27.4 Å². The van der Waals surface area contributed by atoms with Crippen LogP contribution in [0.25, 0.3) is 0 Å². The van der Waals surface area contributed by atoms with Crippen molar-refractivity contribution in [2.45, 2.75) is 6.04 Å². The Morgan fingerprint density at radius 2 is 1.56 bits per heavy atom. The highest BCUT2D eigenvalue weighted by atomic mass is 16.5. The number of hydrogen-bond donors (Lipinski definition) is 1. The second-order valence-electron chi connectivity index (χ2n) is 3.09. The van der Waals surface area contributed by atoms with Crippen LogP contribution in [0, 0.1) is 12.3 Å². The molecule has 0 aliphatic carbocycles.